The maximum atomic E-state index is 10.3. The molecule has 2 saturated heterocycles. The third-order valence-corrected chi connectivity index (χ3v) is 2.96. The first kappa shape index (κ1) is 9.97. The van der Waals surface area contributed by atoms with Crippen LogP contribution in [0.3, 0.4) is 0 Å². The molecule has 2 heterocycles. The van der Waals surface area contributed by atoms with Gasteiger partial charge in [0.25, 0.3) is 0 Å². The largest absolute Gasteiger partial charge is 0.389 e. The Balaban J connectivity index is 2.01. The highest BCUT2D eigenvalue weighted by Crippen LogP contribution is 2.30. The van der Waals surface area contributed by atoms with Crippen LogP contribution in [-0.2, 0) is 4.74 Å². The molecule has 3 heteroatoms. The number of piperidine rings is 1. The topological polar surface area (TPSA) is 41.5 Å². The number of aliphatic hydroxyl groups is 1. The number of fused-ring (bicyclic) bond motifs is 2. The van der Waals surface area contributed by atoms with Crippen molar-refractivity contribution in [2.75, 3.05) is 13.2 Å². The molecule has 0 aromatic heterocycles. The molecule has 0 spiro atoms. The van der Waals surface area contributed by atoms with Crippen LogP contribution >= 0.6 is 0 Å². The van der Waals surface area contributed by atoms with Gasteiger partial charge >= 0.3 is 0 Å². The Kier molecular flexibility index (Phi) is 2.78. The Morgan fingerprint density at radius 3 is 2.64 bits per heavy atom. The summed E-state index contributed by atoms with van der Waals surface area (Å²) in [5.41, 5.74) is -0.590. The van der Waals surface area contributed by atoms with Crippen LogP contribution in [-0.4, -0.2) is 36.0 Å². The summed E-state index contributed by atoms with van der Waals surface area (Å²) >= 11 is 0. The second-order valence-corrected chi connectivity index (χ2v) is 4.33. The molecule has 2 atom stereocenters. The van der Waals surface area contributed by atoms with Crippen LogP contribution < -0.4 is 5.32 Å². The molecule has 0 aromatic rings. The van der Waals surface area contributed by atoms with Crippen molar-refractivity contribution >= 4 is 0 Å². The van der Waals surface area contributed by atoms with E-state index in [1.54, 1.807) is 0 Å². The van der Waals surface area contributed by atoms with Gasteiger partial charge in [-0.1, -0.05) is 0 Å². The zero-order chi connectivity index (χ0) is 10.0. The Hall–Kier alpha value is -0.560. The van der Waals surface area contributed by atoms with Crippen molar-refractivity contribution in [1.29, 1.82) is 0 Å². The van der Waals surface area contributed by atoms with Gasteiger partial charge in [-0.15, -0.1) is 11.8 Å². The summed E-state index contributed by atoms with van der Waals surface area (Å²) < 4.78 is 5.42. The van der Waals surface area contributed by atoms with Gasteiger partial charge in [0.15, 0.2) is 0 Å². The summed E-state index contributed by atoms with van der Waals surface area (Å²) in [6, 6.07) is 0.623. The summed E-state index contributed by atoms with van der Waals surface area (Å²) in [5.74, 6) is 5.82. The molecule has 0 aromatic carbocycles. The molecule has 2 aliphatic rings. The van der Waals surface area contributed by atoms with Gasteiger partial charge in [-0.3, -0.25) is 0 Å². The highest BCUT2D eigenvalue weighted by atomic mass is 16.5. The Labute approximate surface area is 84.8 Å². The first-order chi connectivity index (χ1) is 6.72. The number of morpholine rings is 1. The lowest BCUT2D eigenvalue weighted by molar-refractivity contribution is -0.0732. The quantitative estimate of drug-likeness (QED) is 0.591. The molecule has 2 aliphatic heterocycles. The van der Waals surface area contributed by atoms with Crippen LogP contribution in [0.5, 0.6) is 0 Å². The predicted molar refractivity (Wildman–Crippen MR) is 53.8 cm³/mol. The molecule has 2 rings (SSSR count). The summed E-state index contributed by atoms with van der Waals surface area (Å²) in [5, 5.41) is 13.8. The van der Waals surface area contributed by atoms with E-state index >= 15 is 0 Å². The molecular formula is C11H17NO2. The van der Waals surface area contributed by atoms with E-state index in [4.69, 9.17) is 4.74 Å². The highest BCUT2D eigenvalue weighted by molar-refractivity contribution is 5.06. The normalized spacial score (nSPS) is 41.3. The van der Waals surface area contributed by atoms with E-state index in [1.165, 1.54) is 0 Å². The zero-order valence-electron chi connectivity index (χ0n) is 8.55. The smallest absolute Gasteiger partial charge is 0.0787 e. The van der Waals surface area contributed by atoms with Crippen LogP contribution in [0.1, 0.15) is 26.2 Å². The molecule has 2 N–H and O–H groups in total. The first-order valence-corrected chi connectivity index (χ1v) is 5.18. The van der Waals surface area contributed by atoms with Crippen molar-refractivity contribution in [2.24, 2.45) is 0 Å². The van der Waals surface area contributed by atoms with E-state index in [2.05, 4.69) is 17.2 Å². The fourth-order valence-electron chi connectivity index (χ4n) is 2.42. The third kappa shape index (κ3) is 2.09. The van der Waals surface area contributed by atoms with Gasteiger partial charge in [0.05, 0.1) is 18.8 Å². The van der Waals surface area contributed by atoms with E-state index in [0.717, 1.165) is 26.1 Å². The molecule has 14 heavy (non-hydrogen) atoms. The van der Waals surface area contributed by atoms with Crippen LogP contribution in [0.4, 0.5) is 0 Å². The van der Waals surface area contributed by atoms with E-state index in [1.807, 2.05) is 6.92 Å². The van der Waals surface area contributed by atoms with E-state index in [0.29, 0.717) is 18.5 Å². The standard InChI is InChI=1S/C11H17NO2/c1-2-3-4-11(13)5-9-7-14-8-10(6-11)12-9/h9-10,12-13H,4-8H2,1H3. The highest BCUT2D eigenvalue weighted by Gasteiger charge is 2.40. The fourth-order valence-corrected chi connectivity index (χ4v) is 2.42. The summed E-state index contributed by atoms with van der Waals surface area (Å²) in [6.45, 7) is 3.26. The van der Waals surface area contributed by atoms with Gasteiger partial charge < -0.3 is 15.2 Å². The average molecular weight is 195 g/mol. The van der Waals surface area contributed by atoms with E-state index in [-0.39, 0.29) is 0 Å². The number of nitrogens with one attached hydrogen (secondary N) is 1. The minimum atomic E-state index is -0.590. The Morgan fingerprint density at radius 2 is 2.07 bits per heavy atom. The first-order valence-electron chi connectivity index (χ1n) is 5.18. The number of rotatable bonds is 1. The van der Waals surface area contributed by atoms with Crippen molar-refractivity contribution in [3.8, 4) is 11.8 Å². The molecule has 2 bridgehead atoms. The zero-order valence-corrected chi connectivity index (χ0v) is 8.55. The minimum Gasteiger partial charge on any atom is -0.389 e. The van der Waals surface area contributed by atoms with Crippen LogP contribution in [0, 0.1) is 11.8 Å². The third-order valence-electron chi connectivity index (χ3n) is 2.96. The molecule has 2 fully saturated rings. The predicted octanol–water partition coefficient (Wildman–Crippen LogP) is 0.282. The fraction of sp³-hybridized carbons (Fsp3) is 0.818. The lowest BCUT2D eigenvalue weighted by Gasteiger charge is -2.44. The molecule has 0 saturated carbocycles. The Morgan fingerprint density at radius 1 is 1.43 bits per heavy atom. The lowest BCUT2D eigenvalue weighted by atomic mass is 9.81. The maximum absolute atomic E-state index is 10.3. The van der Waals surface area contributed by atoms with Crippen LogP contribution in [0.25, 0.3) is 0 Å². The number of hydrogen-bond acceptors (Lipinski definition) is 3. The lowest BCUT2D eigenvalue weighted by Crippen LogP contribution is -2.59. The number of ether oxygens (including phenoxy) is 1. The molecule has 3 nitrogen and oxygen atoms in total. The molecule has 0 aliphatic carbocycles. The van der Waals surface area contributed by atoms with Gasteiger partial charge in [-0.05, 0) is 19.8 Å². The van der Waals surface area contributed by atoms with Crippen LogP contribution in [0.15, 0.2) is 0 Å². The van der Waals surface area contributed by atoms with Crippen molar-refractivity contribution in [3.63, 3.8) is 0 Å². The average Bonchev–Trinajstić information content (AvgIpc) is 2.14. The van der Waals surface area contributed by atoms with Gasteiger partial charge in [-0.25, -0.2) is 0 Å². The SMILES string of the molecule is CC#CCC1(O)CC2COCC(C1)N2. The summed E-state index contributed by atoms with van der Waals surface area (Å²) in [6.07, 6.45) is 2.12. The second kappa shape index (κ2) is 3.90. The van der Waals surface area contributed by atoms with Crippen LogP contribution in [0.2, 0.25) is 0 Å². The Bertz CT molecular complexity index is 254. The van der Waals surface area contributed by atoms with Gasteiger partial charge in [0, 0.05) is 18.5 Å². The van der Waals surface area contributed by atoms with Gasteiger partial charge in [0.2, 0.25) is 0 Å². The van der Waals surface area contributed by atoms with Crippen molar-refractivity contribution < 1.29 is 9.84 Å². The minimum absolute atomic E-state index is 0.311. The number of hydrogen-bond donors (Lipinski definition) is 2. The molecule has 0 amide bonds. The van der Waals surface area contributed by atoms with Crippen molar-refractivity contribution in [3.05, 3.63) is 0 Å². The van der Waals surface area contributed by atoms with E-state index < -0.39 is 5.60 Å². The summed E-state index contributed by atoms with van der Waals surface area (Å²) in [7, 11) is 0. The molecular weight excluding hydrogens is 178 g/mol. The summed E-state index contributed by atoms with van der Waals surface area (Å²) in [4.78, 5) is 0. The second-order valence-electron chi connectivity index (χ2n) is 4.33. The van der Waals surface area contributed by atoms with Crippen molar-refractivity contribution in [2.45, 2.75) is 43.9 Å². The maximum Gasteiger partial charge on any atom is 0.0787 e. The van der Waals surface area contributed by atoms with Crippen molar-refractivity contribution in [1.82, 2.24) is 5.32 Å². The molecule has 2 unspecified atom stereocenters. The molecule has 78 valence electrons. The van der Waals surface area contributed by atoms with Gasteiger partial charge in [0.1, 0.15) is 0 Å². The molecule has 0 radical (unpaired) electrons. The van der Waals surface area contributed by atoms with Gasteiger partial charge in [-0.2, -0.15) is 0 Å². The van der Waals surface area contributed by atoms with E-state index in [9.17, 15) is 5.11 Å². The monoisotopic (exact) mass is 195 g/mol.